The molecule has 1 N–H and O–H groups in total. The maximum Gasteiger partial charge on any atom is 0.321 e. The molecule has 1 aromatic rings. The summed E-state index contributed by atoms with van der Waals surface area (Å²) in [6.07, 6.45) is 10.7. The van der Waals surface area contributed by atoms with Crippen LogP contribution in [0.4, 0.5) is 16.3 Å². The molecule has 4 rings (SSSR count). The molecule has 6 nitrogen and oxygen atoms in total. The second-order valence-corrected chi connectivity index (χ2v) is 9.00. The monoisotopic (exact) mass is 436 g/mol. The number of urea groups is 1. The summed E-state index contributed by atoms with van der Waals surface area (Å²) in [5.41, 5.74) is 1.11. The van der Waals surface area contributed by atoms with E-state index in [1.807, 2.05) is 11.0 Å². The fourth-order valence-corrected chi connectivity index (χ4v) is 5.40. The van der Waals surface area contributed by atoms with Crippen LogP contribution in [-0.4, -0.2) is 55.3 Å². The highest BCUT2D eigenvalue weighted by Crippen LogP contribution is 2.43. The zero-order chi connectivity index (χ0) is 18.7. The topological polar surface area (TPSA) is 57.7 Å². The molecule has 0 unspecified atom stereocenters. The van der Waals surface area contributed by atoms with Gasteiger partial charge in [-0.1, -0.05) is 19.3 Å². The molecule has 2 amide bonds. The van der Waals surface area contributed by atoms with E-state index in [0.29, 0.717) is 5.41 Å². The molecule has 0 radical (unpaired) electrons. The van der Waals surface area contributed by atoms with E-state index in [1.165, 1.54) is 38.5 Å². The minimum Gasteiger partial charge on any atom is -0.378 e. The number of carbonyl (C=O) groups is 1. The van der Waals surface area contributed by atoms with Crippen LogP contribution in [0.1, 0.15) is 44.9 Å². The third kappa shape index (κ3) is 4.40. The van der Waals surface area contributed by atoms with Gasteiger partial charge in [0.05, 0.1) is 29.6 Å². The second kappa shape index (κ2) is 8.35. The number of nitrogens with one attached hydrogen (secondary N) is 1. The molecule has 3 heterocycles. The molecular formula is C20H29BrN4O2. The maximum absolute atomic E-state index is 12.8. The van der Waals surface area contributed by atoms with Gasteiger partial charge in [0.15, 0.2) is 0 Å². The zero-order valence-electron chi connectivity index (χ0n) is 15.9. The van der Waals surface area contributed by atoms with Crippen LogP contribution in [0.15, 0.2) is 16.7 Å². The van der Waals surface area contributed by atoms with E-state index in [4.69, 9.17) is 4.74 Å². The number of hydrogen-bond acceptors (Lipinski definition) is 4. The summed E-state index contributed by atoms with van der Waals surface area (Å²) in [5, 5.41) is 3.06. The number of anilines is 2. The number of halogens is 1. The normalized spacial score (nSPS) is 22.7. The third-order valence-corrected chi connectivity index (χ3v) is 6.83. The van der Waals surface area contributed by atoms with E-state index >= 15 is 0 Å². The largest absolute Gasteiger partial charge is 0.378 e. The third-order valence-electron chi connectivity index (χ3n) is 6.25. The van der Waals surface area contributed by atoms with Gasteiger partial charge in [0.2, 0.25) is 0 Å². The maximum atomic E-state index is 12.8. The van der Waals surface area contributed by atoms with E-state index in [1.54, 1.807) is 6.20 Å². The number of likely N-dealkylation sites (tertiary alicyclic amines) is 1. The van der Waals surface area contributed by atoms with Crippen LogP contribution < -0.4 is 10.2 Å². The van der Waals surface area contributed by atoms with Gasteiger partial charge < -0.3 is 19.9 Å². The van der Waals surface area contributed by atoms with Crippen molar-refractivity contribution in [2.75, 3.05) is 49.6 Å². The first-order valence-corrected chi connectivity index (χ1v) is 11.0. The van der Waals surface area contributed by atoms with Crippen LogP contribution in [0.25, 0.3) is 0 Å². The summed E-state index contributed by atoms with van der Waals surface area (Å²) in [7, 11) is 0. The lowest BCUT2D eigenvalue weighted by Gasteiger charge is -2.45. The molecule has 0 bridgehead atoms. The smallest absolute Gasteiger partial charge is 0.321 e. The Morgan fingerprint density at radius 3 is 2.59 bits per heavy atom. The van der Waals surface area contributed by atoms with Crippen molar-refractivity contribution in [1.82, 2.24) is 9.88 Å². The van der Waals surface area contributed by atoms with Crippen molar-refractivity contribution in [3.05, 3.63) is 16.7 Å². The van der Waals surface area contributed by atoms with Gasteiger partial charge in [-0.3, -0.25) is 0 Å². The van der Waals surface area contributed by atoms with Gasteiger partial charge in [-0.05, 0) is 53.1 Å². The predicted molar refractivity (Wildman–Crippen MR) is 110 cm³/mol. The van der Waals surface area contributed by atoms with Crippen molar-refractivity contribution >= 4 is 33.5 Å². The Kier molecular flexibility index (Phi) is 5.88. The lowest BCUT2D eigenvalue weighted by Crippen LogP contribution is -2.48. The molecule has 3 fully saturated rings. The Morgan fingerprint density at radius 2 is 1.85 bits per heavy atom. The fraction of sp³-hybridized carbons (Fsp3) is 0.700. The molecule has 1 aromatic heterocycles. The number of hydrogen-bond donors (Lipinski definition) is 1. The van der Waals surface area contributed by atoms with Crippen molar-refractivity contribution < 1.29 is 9.53 Å². The van der Waals surface area contributed by atoms with E-state index in [9.17, 15) is 4.79 Å². The number of carbonyl (C=O) groups excluding carboxylic acids is 1. The minimum atomic E-state index is 0.00692. The second-order valence-electron chi connectivity index (χ2n) is 8.14. The Balaban J connectivity index is 1.39. The van der Waals surface area contributed by atoms with Crippen molar-refractivity contribution in [3.63, 3.8) is 0 Å². The highest BCUT2D eigenvalue weighted by Gasteiger charge is 2.37. The molecule has 1 saturated carbocycles. The fourth-order valence-electron chi connectivity index (χ4n) is 4.80. The highest BCUT2D eigenvalue weighted by molar-refractivity contribution is 9.10. The lowest BCUT2D eigenvalue weighted by molar-refractivity contribution is 0.0749. The standard InChI is InChI=1S/C20H29BrN4O2/c21-17-13-16(14-22-18(17)24-9-11-27-12-10-24)23-19(26)25-8-4-7-20(15-25)5-2-1-3-6-20/h13-14H,1-12,15H2,(H,23,26). The first-order valence-electron chi connectivity index (χ1n) is 10.2. The Labute approximate surface area is 169 Å². The van der Waals surface area contributed by atoms with Crippen LogP contribution in [0.2, 0.25) is 0 Å². The van der Waals surface area contributed by atoms with Gasteiger partial charge in [0.25, 0.3) is 0 Å². The van der Waals surface area contributed by atoms with Gasteiger partial charge in [-0.15, -0.1) is 0 Å². The summed E-state index contributed by atoms with van der Waals surface area (Å²) in [5.74, 6) is 0.912. The molecular weight excluding hydrogens is 408 g/mol. The average Bonchev–Trinajstić information content (AvgIpc) is 2.69. The molecule has 2 saturated heterocycles. The minimum absolute atomic E-state index is 0.00692. The predicted octanol–water partition coefficient (Wildman–Crippen LogP) is 4.26. The first kappa shape index (κ1) is 19.0. The lowest BCUT2D eigenvalue weighted by atomic mass is 9.69. The average molecular weight is 437 g/mol. The van der Waals surface area contributed by atoms with E-state index in [2.05, 4.69) is 31.1 Å². The molecule has 27 heavy (non-hydrogen) atoms. The highest BCUT2D eigenvalue weighted by atomic mass is 79.9. The number of pyridine rings is 1. The quantitative estimate of drug-likeness (QED) is 0.752. The zero-order valence-corrected chi connectivity index (χ0v) is 17.5. The summed E-state index contributed by atoms with van der Waals surface area (Å²) in [4.78, 5) is 21.6. The van der Waals surface area contributed by atoms with Crippen LogP contribution in [0, 0.1) is 5.41 Å². The van der Waals surface area contributed by atoms with Crippen LogP contribution in [0.3, 0.4) is 0 Å². The van der Waals surface area contributed by atoms with Gasteiger partial charge in [0.1, 0.15) is 5.82 Å². The number of aromatic nitrogens is 1. The summed E-state index contributed by atoms with van der Waals surface area (Å²) in [6, 6.07) is 1.96. The number of piperidine rings is 1. The van der Waals surface area contributed by atoms with Crippen LogP contribution in [0.5, 0.6) is 0 Å². The van der Waals surface area contributed by atoms with Crippen molar-refractivity contribution in [3.8, 4) is 0 Å². The molecule has 0 aromatic carbocycles. The molecule has 1 spiro atoms. The van der Waals surface area contributed by atoms with E-state index < -0.39 is 0 Å². The number of amides is 2. The van der Waals surface area contributed by atoms with Gasteiger partial charge in [-0.25, -0.2) is 9.78 Å². The molecule has 3 aliphatic rings. The SMILES string of the molecule is O=C(Nc1cnc(N2CCOCC2)c(Br)c1)N1CCCC2(CCCCC2)C1. The van der Waals surface area contributed by atoms with Crippen molar-refractivity contribution in [2.45, 2.75) is 44.9 Å². The van der Waals surface area contributed by atoms with Gasteiger partial charge >= 0.3 is 6.03 Å². The number of nitrogens with zero attached hydrogens (tertiary/aromatic N) is 3. The van der Waals surface area contributed by atoms with E-state index in [0.717, 1.165) is 61.8 Å². The summed E-state index contributed by atoms with van der Waals surface area (Å²) >= 11 is 3.62. The molecule has 148 valence electrons. The van der Waals surface area contributed by atoms with Crippen LogP contribution in [-0.2, 0) is 4.74 Å². The number of ether oxygens (including phenoxy) is 1. The molecule has 2 aliphatic heterocycles. The summed E-state index contributed by atoms with van der Waals surface area (Å²) < 4.78 is 6.31. The molecule has 1 aliphatic carbocycles. The van der Waals surface area contributed by atoms with E-state index in [-0.39, 0.29) is 6.03 Å². The Hall–Kier alpha value is -1.34. The number of rotatable bonds is 2. The summed E-state index contributed by atoms with van der Waals surface area (Å²) in [6.45, 7) is 4.89. The van der Waals surface area contributed by atoms with Gasteiger partial charge in [-0.2, -0.15) is 0 Å². The van der Waals surface area contributed by atoms with Crippen molar-refractivity contribution in [1.29, 1.82) is 0 Å². The number of morpholine rings is 1. The first-order chi connectivity index (χ1) is 13.2. The molecule has 7 heteroatoms. The van der Waals surface area contributed by atoms with Crippen molar-refractivity contribution in [2.24, 2.45) is 5.41 Å². The molecule has 0 atom stereocenters. The van der Waals surface area contributed by atoms with Crippen LogP contribution >= 0.6 is 15.9 Å². The van der Waals surface area contributed by atoms with Gasteiger partial charge in [0, 0.05) is 26.2 Å². The Morgan fingerprint density at radius 1 is 1.11 bits per heavy atom. The Bertz CT molecular complexity index is 666.